The summed E-state index contributed by atoms with van der Waals surface area (Å²) in [4.78, 5) is 4.57. The van der Waals surface area contributed by atoms with Crippen LogP contribution < -0.4 is 15.2 Å². The summed E-state index contributed by atoms with van der Waals surface area (Å²) < 4.78 is 10.5. The molecule has 0 atom stereocenters. The normalized spacial score (nSPS) is 10.3. The van der Waals surface area contributed by atoms with Crippen molar-refractivity contribution in [3.63, 3.8) is 0 Å². The molecule has 1 aromatic heterocycles. The van der Waals surface area contributed by atoms with Crippen molar-refractivity contribution >= 4 is 0 Å². The third kappa shape index (κ3) is 2.69. The second kappa shape index (κ2) is 5.71. The quantitative estimate of drug-likeness (QED) is 0.915. The number of rotatable bonds is 4. The maximum atomic E-state index is 5.65. The van der Waals surface area contributed by atoms with Crippen LogP contribution in [0.4, 0.5) is 0 Å². The number of aryl methyl sites for hydroxylation is 1. The van der Waals surface area contributed by atoms with Crippen LogP contribution in [0, 0.1) is 6.92 Å². The molecule has 4 heteroatoms. The fraction of sp³-hybridized carbons (Fsp3) is 0.267. The van der Waals surface area contributed by atoms with Crippen molar-refractivity contribution in [3.8, 4) is 22.8 Å². The molecule has 2 N–H and O–H groups in total. The van der Waals surface area contributed by atoms with Crippen LogP contribution in [0.1, 0.15) is 11.3 Å². The smallest absolute Gasteiger partial charge is 0.161 e. The van der Waals surface area contributed by atoms with Crippen LogP contribution in [0.25, 0.3) is 11.3 Å². The fourth-order valence-corrected chi connectivity index (χ4v) is 1.96. The maximum absolute atomic E-state index is 5.65. The van der Waals surface area contributed by atoms with Gasteiger partial charge in [-0.3, -0.25) is 4.98 Å². The first-order valence-corrected chi connectivity index (χ1v) is 6.08. The average molecular weight is 258 g/mol. The van der Waals surface area contributed by atoms with Gasteiger partial charge in [-0.15, -0.1) is 0 Å². The van der Waals surface area contributed by atoms with Gasteiger partial charge in [0.05, 0.1) is 19.9 Å². The van der Waals surface area contributed by atoms with Gasteiger partial charge < -0.3 is 15.2 Å². The molecule has 4 nitrogen and oxygen atoms in total. The molecular formula is C15H18N2O2. The lowest BCUT2D eigenvalue weighted by atomic mass is 10.1. The Labute approximate surface area is 113 Å². The highest BCUT2D eigenvalue weighted by Gasteiger charge is 2.08. The summed E-state index contributed by atoms with van der Waals surface area (Å²) in [5.74, 6) is 1.41. The third-order valence-corrected chi connectivity index (χ3v) is 3.09. The Hall–Kier alpha value is -2.07. The molecule has 0 unspecified atom stereocenters. The Bertz CT molecular complexity index is 582. The summed E-state index contributed by atoms with van der Waals surface area (Å²) in [6.45, 7) is 2.47. The van der Waals surface area contributed by atoms with E-state index in [0.717, 1.165) is 22.5 Å². The molecule has 0 aliphatic heterocycles. The Kier molecular flexibility index (Phi) is 4.02. The van der Waals surface area contributed by atoms with Crippen LogP contribution in [-0.2, 0) is 6.54 Å². The van der Waals surface area contributed by atoms with Gasteiger partial charge in [0.2, 0.25) is 0 Å². The molecule has 0 saturated heterocycles. The third-order valence-electron chi connectivity index (χ3n) is 3.09. The van der Waals surface area contributed by atoms with Crippen LogP contribution >= 0.6 is 0 Å². The van der Waals surface area contributed by atoms with E-state index in [0.29, 0.717) is 18.0 Å². The van der Waals surface area contributed by atoms with E-state index in [-0.39, 0.29) is 0 Å². The van der Waals surface area contributed by atoms with Crippen molar-refractivity contribution < 1.29 is 9.47 Å². The van der Waals surface area contributed by atoms with Gasteiger partial charge in [-0.25, -0.2) is 0 Å². The van der Waals surface area contributed by atoms with E-state index in [2.05, 4.69) is 4.98 Å². The molecule has 0 fully saturated rings. The van der Waals surface area contributed by atoms with Crippen LogP contribution in [0.15, 0.2) is 30.3 Å². The standard InChI is InChI=1S/C15H18N2O2/c1-10-12(9-16)4-6-13(17-10)11-5-7-14(18-2)15(8-11)19-3/h4-8H,9,16H2,1-3H3. The highest BCUT2D eigenvalue weighted by Crippen LogP contribution is 2.31. The van der Waals surface area contributed by atoms with Crippen molar-refractivity contribution in [2.24, 2.45) is 5.73 Å². The molecule has 0 radical (unpaired) electrons. The number of benzene rings is 1. The van der Waals surface area contributed by atoms with E-state index in [4.69, 9.17) is 15.2 Å². The van der Waals surface area contributed by atoms with Crippen molar-refractivity contribution in [1.82, 2.24) is 4.98 Å². The summed E-state index contributed by atoms with van der Waals surface area (Å²) >= 11 is 0. The van der Waals surface area contributed by atoms with Crippen molar-refractivity contribution in [2.45, 2.75) is 13.5 Å². The molecule has 0 aliphatic rings. The molecular weight excluding hydrogens is 240 g/mol. The van der Waals surface area contributed by atoms with Gasteiger partial charge in [0.25, 0.3) is 0 Å². The molecule has 0 spiro atoms. The van der Waals surface area contributed by atoms with E-state index >= 15 is 0 Å². The number of aromatic nitrogens is 1. The molecule has 1 aromatic carbocycles. The summed E-state index contributed by atoms with van der Waals surface area (Å²) in [5.41, 5.74) is 9.55. The van der Waals surface area contributed by atoms with Gasteiger partial charge in [0.1, 0.15) is 0 Å². The minimum absolute atomic E-state index is 0.505. The summed E-state index contributed by atoms with van der Waals surface area (Å²) in [6.07, 6.45) is 0. The monoisotopic (exact) mass is 258 g/mol. The van der Waals surface area contributed by atoms with Gasteiger partial charge in [0, 0.05) is 17.8 Å². The molecule has 1 heterocycles. The van der Waals surface area contributed by atoms with E-state index < -0.39 is 0 Å². The highest BCUT2D eigenvalue weighted by atomic mass is 16.5. The summed E-state index contributed by atoms with van der Waals surface area (Å²) in [5, 5.41) is 0. The van der Waals surface area contributed by atoms with E-state index in [1.54, 1.807) is 14.2 Å². The molecule has 2 rings (SSSR count). The molecule has 2 aromatic rings. The topological polar surface area (TPSA) is 57.4 Å². The van der Waals surface area contributed by atoms with E-state index in [1.165, 1.54) is 0 Å². The SMILES string of the molecule is COc1ccc(-c2ccc(CN)c(C)n2)cc1OC. The van der Waals surface area contributed by atoms with Gasteiger partial charge in [-0.05, 0) is 36.8 Å². The van der Waals surface area contributed by atoms with Gasteiger partial charge in [-0.1, -0.05) is 6.07 Å². The highest BCUT2D eigenvalue weighted by molar-refractivity contribution is 5.64. The largest absolute Gasteiger partial charge is 0.493 e. The number of hydrogen-bond donors (Lipinski definition) is 1. The minimum atomic E-state index is 0.505. The lowest BCUT2D eigenvalue weighted by molar-refractivity contribution is 0.355. The Morgan fingerprint density at radius 2 is 1.79 bits per heavy atom. The van der Waals surface area contributed by atoms with E-state index in [9.17, 15) is 0 Å². The number of pyridine rings is 1. The molecule has 19 heavy (non-hydrogen) atoms. The molecule has 0 saturated carbocycles. The van der Waals surface area contributed by atoms with Gasteiger partial charge in [0.15, 0.2) is 11.5 Å². The second-order valence-corrected chi connectivity index (χ2v) is 4.21. The minimum Gasteiger partial charge on any atom is -0.493 e. The number of nitrogens with zero attached hydrogens (tertiary/aromatic N) is 1. The molecule has 0 bridgehead atoms. The lowest BCUT2D eigenvalue weighted by Crippen LogP contribution is -2.01. The summed E-state index contributed by atoms with van der Waals surface area (Å²) in [7, 11) is 3.24. The number of methoxy groups -OCH3 is 2. The first-order valence-electron chi connectivity index (χ1n) is 6.08. The van der Waals surface area contributed by atoms with Crippen molar-refractivity contribution in [2.75, 3.05) is 14.2 Å². The molecule has 0 aliphatic carbocycles. The van der Waals surface area contributed by atoms with Crippen LogP contribution in [0.2, 0.25) is 0 Å². The maximum Gasteiger partial charge on any atom is 0.161 e. The number of ether oxygens (including phenoxy) is 2. The molecule has 0 amide bonds. The average Bonchev–Trinajstić information content (AvgIpc) is 2.46. The molecule has 100 valence electrons. The zero-order valence-corrected chi connectivity index (χ0v) is 11.4. The zero-order chi connectivity index (χ0) is 13.8. The fourth-order valence-electron chi connectivity index (χ4n) is 1.96. The van der Waals surface area contributed by atoms with Crippen molar-refractivity contribution in [1.29, 1.82) is 0 Å². The van der Waals surface area contributed by atoms with Crippen molar-refractivity contribution in [3.05, 3.63) is 41.6 Å². The zero-order valence-electron chi connectivity index (χ0n) is 11.4. The second-order valence-electron chi connectivity index (χ2n) is 4.21. The first kappa shape index (κ1) is 13.4. The first-order chi connectivity index (χ1) is 9.19. The summed E-state index contributed by atoms with van der Waals surface area (Å²) in [6, 6.07) is 9.74. The number of nitrogens with two attached hydrogens (primary N) is 1. The lowest BCUT2D eigenvalue weighted by Gasteiger charge is -2.10. The van der Waals surface area contributed by atoms with E-state index in [1.807, 2.05) is 37.3 Å². The predicted molar refractivity (Wildman–Crippen MR) is 75.4 cm³/mol. The Balaban J connectivity index is 2.44. The van der Waals surface area contributed by atoms with Gasteiger partial charge in [-0.2, -0.15) is 0 Å². The van der Waals surface area contributed by atoms with Crippen LogP contribution in [0.5, 0.6) is 11.5 Å². The predicted octanol–water partition coefficient (Wildman–Crippen LogP) is 2.53. The number of hydrogen-bond acceptors (Lipinski definition) is 4. The van der Waals surface area contributed by atoms with Gasteiger partial charge >= 0.3 is 0 Å². The Morgan fingerprint density at radius 3 is 2.37 bits per heavy atom. The van der Waals surface area contributed by atoms with Crippen LogP contribution in [0.3, 0.4) is 0 Å². The Morgan fingerprint density at radius 1 is 1.05 bits per heavy atom. The van der Waals surface area contributed by atoms with Crippen LogP contribution in [-0.4, -0.2) is 19.2 Å².